The maximum Gasteiger partial charge on any atom is 0.0533 e. The van der Waals surface area contributed by atoms with Gasteiger partial charge in [0, 0.05) is 41.7 Å². The van der Waals surface area contributed by atoms with E-state index < -0.39 is 10.8 Å². The van der Waals surface area contributed by atoms with Gasteiger partial charge in [0.05, 0.1) is 6.54 Å². The molecule has 1 aromatic heterocycles. The van der Waals surface area contributed by atoms with E-state index in [1.54, 1.807) is 12.5 Å². The fourth-order valence-corrected chi connectivity index (χ4v) is 1.70. The first-order chi connectivity index (χ1) is 6.79. The van der Waals surface area contributed by atoms with Crippen LogP contribution in [0.4, 0.5) is 0 Å². The molecule has 0 aliphatic rings. The first kappa shape index (κ1) is 11.4. The van der Waals surface area contributed by atoms with Crippen LogP contribution < -0.4 is 5.32 Å². The second kappa shape index (κ2) is 6.73. The lowest BCUT2D eigenvalue weighted by atomic mass is 10.4. The molecular formula is C9H17N3OS. The van der Waals surface area contributed by atoms with Gasteiger partial charge in [0.25, 0.3) is 0 Å². The van der Waals surface area contributed by atoms with Gasteiger partial charge in [0.2, 0.25) is 0 Å². The van der Waals surface area contributed by atoms with Crippen LogP contribution in [0.5, 0.6) is 0 Å². The molecule has 4 nitrogen and oxygen atoms in total. The molecule has 14 heavy (non-hydrogen) atoms. The van der Waals surface area contributed by atoms with E-state index >= 15 is 0 Å². The fourth-order valence-electron chi connectivity index (χ4n) is 1.15. The number of nitrogens with zero attached hydrogens (tertiary/aromatic N) is 2. The Kier molecular flexibility index (Phi) is 5.47. The Bertz CT molecular complexity index is 261. The highest BCUT2D eigenvalue weighted by atomic mass is 32.2. The summed E-state index contributed by atoms with van der Waals surface area (Å²) in [7, 11) is -0.658. The molecule has 1 atom stereocenters. The Balaban J connectivity index is 1.92. The lowest BCUT2D eigenvalue weighted by Crippen LogP contribution is -2.22. The van der Waals surface area contributed by atoms with E-state index in [0.717, 1.165) is 31.8 Å². The Labute approximate surface area is 87.2 Å². The van der Waals surface area contributed by atoms with Gasteiger partial charge >= 0.3 is 0 Å². The predicted octanol–water partition coefficient (Wildman–Crippen LogP) is 0.241. The first-order valence-electron chi connectivity index (χ1n) is 4.77. The molecule has 0 amide bonds. The molecule has 1 unspecified atom stereocenters. The van der Waals surface area contributed by atoms with Crippen LogP contribution in [0, 0.1) is 0 Å². The molecule has 0 saturated carbocycles. The average Bonchev–Trinajstić information content (AvgIpc) is 2.63. The average molecular weight is 215 g/mol. The maximum atomic E-state index is 10.7. The van der Waals surface area contributed by atoms with Crippen molar-refractivity contribution in [2.45, 2.75) is 13.0 Å². The van der Waals surface area contributed by atoms with E-state index in [-0.39, 0.29) is 0 Å². The predicted molar refractivity (Wildman–Crippen MR) is 58.6 cm³/mol. The van der Waals surface area contributed by atoms with E-state index in [2.05, 4.69) is 10.4 Å². The lowest BCUT2D eigenvalue weighted by Gasteiger charge is -2.03. The third-order valence-corrected chi connectivity index (χ3v) is 2.73. The molecule has 0 saturated heterocycles. The summed E-state index contributed by atoms with van der Waals surface area (Å²) < 4.78 is 12.6. The third kappa shape index (κ3) is 5.14. The lowest BCUT2D eigenvalue weighted by molar-refractivity contribution is 0.553. The van der Waals surface area contributed by atoms with Crippen molar-refractivity contribution in [1.29, 1.82) is 0 Å². The van der Waals surface area contributed by atoms with Crippen LogP contribution >= 0.6 is 0 Å². The molecule has 0 spiro atoms. The van der Waals surface area contributed by atoms with Gasteiger partial charge < -0.3 is 5.32 Å². The van der Waals surface area contributed by atoms with Crippen molar-refractivity contribution in [3.8, 4) is 0 Å². The van der Waals surface area contributed by atoms with Crippen molar-refractivity contribution in [2.24, 2.45) is 0 Å². The van der Waals surface area contributed by atoms with Crippen molar-refractivity contribution in [3.05, 3.63) is 18.5 Å². The summed E-state index contributed by atoms with van der Waals surface area (Å²) in [5.41, 5.74) is 0. The van der Waals surface area contributed by atoms with Crippen LogP contribution in [0.1, 0.15) is 6.42 Å². The monoisotopic (exact) mass is 215 g/mol. The Morgan fingerprint density at radius 1 is 1.50 bits per heavy atom. The van der Waals surface area contributed by atoms with Gasteiger partial charge in [0.1, 0.15) is 0 Å². The number of hydrogen-bond donors (Lipinski definition) is 1. The summed E-state index contributed by atoms with van der Waals surface area (Å²) in [5, 5.41) is 7.37. The molecule has 1 heterocycles. The van der Waals surface area contributed by atoms with E-state index in [4.69, 9.17) is 0 Å². The van der Waals surface area contributed by atoms with E-state index in [1.165, 1.54) is 0 Å². The van der Waals surface area contributed by atoms with Crippen LogP contribution in [-0.2, 0) is 17.3 Å². The quantitative estimate of drug-likeness (QED) is 0.663. The third-order valence-electron chi connectivity index (χ3n) is 1.86. The van der Waals surface area contributed by atoms with Crippen LogP contribution in [0.15, 0.2) is 18.5 Å². The fraction of sp³-hybridized carbons (Fsp3) is 0.667. The Hall–Kier alpha value is -0.680. The Morgan fingerprint density at radius 2 is 2.36 bits per heavy atom. The van der Waals surface area contributed by atoms with Gasteiger partial charge in [-0.1, -0.05) is 0 Å². The molecule has 0 aromatic carbocycles. The minimum Gasteiger partial charge on any atom is -0.315 e. The van der Waals surface area contributed by atoms with Gasteiger partial charge in [-0.25, -0.2) is 0 Å². The number of rotatable bonds is 7. The molecule has 0 aliphatic heterocycles. The number of nitrogens with one attached hydrogen (secondary N) is 1. The highest BCUT2D eigenvalue weighted by Crippen LogP contribution is 1.84. The van der Waals surface area contributed by atoms with Crippen LogP contribution in [0.2, 0.25) is 0 Å². The van der Waals surface area contributed by atoms with Gasteiger partial charge in [-0.15, -0.1) is 0 Å². The molecule has 5 heteroatoms. The minimum absolute atomic E-state index is 0.658. The van der Waals surface area contributed by atoms with E-state index in [9.17, 15) is 4.21 Å². The smallest absolute Gasteiger partial charge is 0.0533 e. The highest BCUT2D eigenvalue weighted by Gasteiger charge is 1.92. The van der Waals surface area contributed by atoms with E-state index in [0.29, 0.717) is 0 Å². The topological polar surface area (TPSA) is 46.9 Å². The SMILES string of the molecule is CS(=O)CCCNCCn1cccn1. The second-order valence-corrected chi connectivity index (χ2v) is 4.70. The summed E-state index contributed by atoms with van der Waals surface area (Å²) in [5.74, 6) is 0.786. The molecular weight excluding hydrogens is 198 g/mol. The molecule has 1 N–H and O–H groups in total. The normalized spacial score (nSPS) is 12.9. The standard InChI is InChI=1S/C9H17N3OS/c1-14(13)9-3-4-10-6-8-12-7-2-5-11-12/h2,5,7,10H,3-4,6,8-9H2,1H3. The zero-order valence-electron chi connectivity index (χ0n) is 8.48. The molecule has 0 fully saturated rings. The van der Waals surface area contributed by atoms with Crippen molar-refractivity contribution >= 4 is 10.8 Å². The zero-order chi connectivity index (χ0) is 10.2. The molecule has 0 bridgehead atoms. The van der Waals surface area contributed by atoms with Gasteiger partial charge in [0.15, 0.2) is 0 Å². The van der Waals surface area contributed by atoms with Crippen LogP contribution in [0.25, 0.3) is 0 Å². The van der Waals surface area contributed by atoms with Gasteiger partial charge in [-0.05, 0) is 19.0 Å². The van der Waals surface area contributed by atoms with Crippen LogP contribution in [-0.4, -0.2) is 39.1 Å². The maximum absolute atomic E-state index is 10.7. The van der Waals surface area contributed by atoms with Crippen molar-refractivity contribution < 1.29 is 4.21 Å². The van der Waals surface area contributed by atoms with E-state index in [1.807, 2.05) is 16.9 Å². The highest BCUT2D eigenvalue weighted by molar-refractivity contribution is 7.84. The summed E-state index contributed by atoms with van der Waals surface area (Å²) in [6.07, 6.45) is 6.44. The molecule has 1 rings (SSSR count). The van der Waals surface area contributed by atoms with Gasteiger partial charge in [-0.2, -0.15) is 5.10 Å². The summed E-state index contributed by atoms with van der Waals surface area (Å²) in [4.78, 5) is 0. The summed E-state index contributed by atoms with van der Waals surface area (Å²) >= 11 is 0. The second-order valence-electron chi connectivity index (χ2n) is 3.15. The molecule has 80 valence electrons. The summed E-state index contributed by atoms with van der Waals surface area (Å²) in [6, 6.07) is 1.92. The number of aromatic nitrogens is 2. The molecule has 0 radical (unpaired) electrons. The van der Waals surface area contributed by atoms with Crippen molar-refractivity contribution in [2.75, 3.05) is 25.1 Å². The summed E-state index contributed by atoms with van der Waals surface area (Å²) in [6.45, 7) is 2.74. The van der Waals surface area contributed by atoms with Crippen LogP contribution in [0.3, 0.4) is 0 Å². The van der Waals surface area contributed by atoms with Crippen molar-refractivity contribution in [1.82, 2.24) is 15.1 Å². The molecule has 0 aliphatic carbocycles. The zero-order valence-corrected chi connectivity index (χ0v) is 9.30. The van der Waals surface area contributed by atoms with Gasteiger partial charge in [-0.3, -0.25) is 8.89 Å². The molecule has 1 aromatic rings. The van der Waals surface area contributed by atoms with Crippen molar-refractivity contribution in [3.63, 3.8) is 0 Å². The largest absolute Gasteiger partial charge is 0.315 e. The minimum atomic E-state index is -0.658. The first-order valence-corrected chi connectivity index (χ1v) is 6.50. The Morgan fingerprint density at radius 3 is 3.00 bits per heavy atom. The number of hydrogen-bond acceptors (Lipinski definition) is 3.